The van der Waals surface area contributed by atoms with Crippen LogP contribution in [0.2, 0.25) is 0 Å². The van der Waals surface area contributed by atoms with Gasteiger partial charge in [-0.25, -0.2) is 0 Å². The van der Waals surface area contributed by atoms with Crippen molar-refractivity contribution < 1.29 is 14.5 Å². The Kier molecular flexibility index (Phi) is 3.53. The van der Waals surface area contributed by atoms with E-state index in [1.807, 2.05) is 0 Å². The molecule has 0 N–H and O–H groups in total. The Morgan fingerprint density at radius 1 is 1.22 bits per heavy atom. The lowest BCUT2D eigenvalue weighted by atomic mass is 10.2. The van der Waals surface area contributed by atoms with Crippen molar-refractivity contribution in [3.05, 3.63) is 63.8 Å². The number of nitro groups is 1. The second-order valence-corrected chi connectivity index (χ2v) is 4.99. The molecule has 0 spiro atoms. The number of ether oxygens (including phenoxy) is 1. The predicted octanol–water partition coefficient (Wildman–Crippen LogP) is 2.95. The molecule has 0 radical (unpaired) electrons. The van der Waals surface area contributed by atoms with Crippen LogP contribution in [0.15, 0.2) is 42.5 Å². The van der Waals surface area contributed by atoms with Gasteiger partial charge in [0.1, 0.15) is 5.75 Å². The minimum Gasteiger partial charge on any atom is -0.497 e. The number of hydrogen-bond acceptors (Lipinski definition) is 5. The van der Waals surface area contributed by atoms with Crippen LogP contribution in [0, 0.1) is 17.0 Å². The van der Waals surface area contributed by atoms with Gasteiger partial charge in [-0.05, 0) is 37.3 Å². The fourth-order valence-corrected chi connectivity index (χ4v) is 2.38. The summed E-state index contributed by atoms with van der Waals surface area (Å²) < 4.78 is 6.26. The number of aromatic nitrogens is 2. The third kappa shape index (κ3) is 2.52. The Bertz CT molecular complexity index is 913. The van der Waals surface area contributed by atoms with Gasteiger partial charge in [-0.3, -0.25) is 14.9 Å². The van der Waals surface area contributed by atoms with Crippen LogP contribution in [-0.2, 0) is 0 Å². The molecule has 0 aliphatic heterocycles. The molecule has 23 heavy (non-hydrogen) atoms. The minimum atomic E-state index is -0.496. The molecule has 116 valence electrons. The number of carbonyl (C=O) groups is 1. The fourth-order valence-electron chi connectivity index (χ4n) is 2.38. The number of fused-ring (bicyclic) bond motifs is 1. The second-order valence-electron chi connectivity index (χ2n) is 4.99. The third-order valence-corrected chi connectivity index (χ3v) is 3.59. The summed E-state index contributed by atoms with van der Waals surface area (Å²) in [7, 11) is 1.54. The molecule has 0 saturated heterocycles. The van der Waals surface area contributed by atoms with Crippen LogP contribution in [-0.4, -0.2) is 27.7 Å². The first kappa shape index (κ1) is 14.7. The van der Waals surface area contributed by atoms with Crippen molar-refractivity contribution >= 4 is 22.5 Å². The molecule has 0 amide bonds. The number of nitro benzene ring substituents is 1. The lowest BCUT2D eigenvalue weighted by Crippen LogP contribution is -2.13. The van der Waals surface area contributed by atoms with E-state index in [0.717, 1.165) is 0 Å². The van der Waals surface area contributed by atoms with Crippen LogP contribution in [0.3, 0.4) is 0 Å². The van der Waals surface area contributed by atoms with Gasteiger partial charge in [-0.15, -0.1) is 0 Å². The maximum absolute atomic E-state index is 12.6. The number of non-ortho nitro benzene ring substituents is 1. The zero-order valence-electron chi connectivity index (χ0n) is 12.5. The zero-order valence-corrected chi connectivity index (χ0v) is 12.5. The number of methoxy groups -OCH3 is 1. The van der Waals surface area contributed by atoms with E-state index in [1.54, 1.807) is 44.4 Å². The summed E-state index contributed by atoms with van der Waals surface area (Å²) >= 11 is 0. The van der Waals surface area contributed by atoms with Crippen molar-refractivity contribution in [1.82, 2.24) is 9.78 Å². The van der Waals surface area contributed by atoms with Gasteiger partial charge in [-0.1, -0.05) is 0 Å². The number of rotatable bonds is 3. The summed E-state index contributed by atoms with van der Waals surface area (Å²) in [6.45, 7) is 1.76. The van der Waals surface area contributed by atoms with E-state index in [1.165, 1.54) is 16.8 Å². The Morgan fingerprint density at radius 2 is 1.91 bits per heavy atom. The van der Waals surface area contributed by atoms with Crippen LogP contribution in [0.4, 0.5) is 5.69 Å². The van der Waals surface area contributed by atoms with E-state index < -0.39 is 4.92 Å². The third-order valence-electron chi connectivity index (χ3n) is 3.59. The quantitative estimate of drug-likeness (QED) is 0.548. The summed E-state index contributed by atoms with van der Waals surface area (Å²) in [5.74, 6) is 0.282. The lowest BCUT2D eigenvalue weighted by Gasteiger charge is -2.04. The predicted molar refractivity (Wildman–Crippen MR) is 83.8 cm³/mol. The van der Waals surface area contributed by atoms with Crippen molar-refractivity contribution in [3.8, 4) is 5.75 Å². The van der Waals surface area contributed by atoms with Crippen molar-refractivity contribution in [2.75, 3.05) is 7.11 Å². The summed E-state index contributed by atoms with van der Waals surface area (Å²) in [5.41, 5.74) is 1.39. The molecule has 7 heteroatoms. The van der Waals surface area contributed by atoms with Gasteiger partial charge in [0, 0.05) is 23.1 Å². The first-order valence-corrected chi connectivity index (χ1v) is 6.84. The van der Waals surface area contributed by atoms with Gasteiger partial charge in [0.05, 0.1) is 23.2 Å². The molecule has 1 aromatic heterocycles. The molecule has 0 aliphatic carbocycles. The van der Waals surface area contributed by atoms with Gasteiger partial charge >= 0.3 is 0 Å². The molecule has 0 bridgehead atoms. The highest BCUT2D eigenvalue weighted by Crippen LogP contribution is 2.24. The van der Waals surface area contributed by atoms with E-state index in [4.69, 9.17) is 4.74 Å². The van der Waals surface area contributed by atoms with Crippen LogP contribution >= 0.6 is 0 Å². The zero-order chi connectivity index (χ0) is 16.6. The lowest BCUT2D eigenvalue weighted by molar-refractivity contribution is -0.384. The summed E-state index contributed by atoms with van der Waals surface area (Å²) in [6.07, 6.45) is 0. The molecule has 1 heterocycles. The average molecular weight is 311 g/mol. The topological polar surface area (TPSA) is 87.3 Å². The van der Waals surface area contributed by atoms with Crippen molar-refractivity contribution in [2.45, 2.75) is 6.92 Å². The number of nitrogens with zero attached hydrogens (tertiary/aromatic N) is 3. The van der Waals surface area contributed by atoms with Gasteiger partial charge in [0.2, 0.25) is 0 Å². The van der Waals surface area contributed by atoms with Crippen molar-refractivity contribution in [2.24, 2.45) is 0 Å². The van der Waals surface area contributed by atoms with Crippen LogP contribution < -0.4 is 4.74 Å². The van der Waals surface area contributed by atoms with Crippen LogP contribution in [0.1, 0.15) is 16.1 Å². The van der Waals surface area contributed by atoms with Gasteiger partial charge in [0.25, 0.3) is 11.6 Å². The van der Waals surface area contributed by atoms with E-state index in [2.05, 4.69) is 5.10 Å². The summed E-state index contributed by atoms with van der Waals surface area (Å²) in [6, 6.07) is 11.0. The van der Waals surface area contributed by atoms with E-state index in [0.29, 0.717) is 27.9 Å². The number of carbonyl (C=O) groups excluding carboxylic acids is 1. The molecule has 0 unspecified atom stereocenters. The summed E-state index contributed by atoms with van der Waals surface area (Å²) in [4.78, 5) is 23.1. The van der Waals surface area contributed by atoms with E-state index in [-0.39, 0.29) is 11.6 Å². The Labute approximate surface area is 131 Å². The molecule has 2 aromatic carbocycles. The molecule has 3 aromatic rings. The van der Waals surface area contributed by atoms with Crippen molar-refractivity contribution in [3.63, 3.8) is 0 Å². The highest BCUT2D eigenvalue weighted by atomic mass is 16.6. The van der Waals surface area contributed by atoms with Gasteiger partial charge in [0.15, 0.2) is 0 Å². The molecular weight excluding hydrogens is 298 g/mol. The molecule has 0 fully saturated rings. The van der Waals surface area contributed by atoms with E-state index in [9.17, 15) is 14.9 Å². The van der Waals surface area contributed by atoms with Crippen molar-refractivity contribution in [1.29, 1.82) is 0 Å². The van der Waals surface area contributed by atoms with Gasteiger partial charge < -0.3 is 4.74 Å². The first-order valence-electron chi connectivity index (χ1n) is 6.84. The maximum Gasteiger partial charge on any atom is 0.278 e. The minimum absolute atomic E-state index is 0.0822. The number of hydrogen-bond donors (Lipinski definition) is 0. The average Bonchev–Trinajstić information content (AvgIpc) is 2.90. The molecular formula is C16H13N3O4. The molecule has 3 rings (SSSR count). The standard InChI is InChI=1S/C16H13N3O4/c1-10-14-8-5-12(19(21)22)9-15(14)18(17-10)16(20)11-3-6-13(23-2)7-4-11/h3-9H,1-2H3. The Hall–Kier alpha value is -3.22. The number of aryl methyl sites for hydroxylation is 1. The van der Waals surface area contributed by atoms with Crippen LogP contribution in [0.5, 0.6) is 5.75 Å². The SMILES string of the molecule is COc1ccc(C(=O)n2nc(C)c3ccc([N+](=O)[O-])cc32)cc1. The second kappa shape index (κ2) is 5.53. The van der Waals surface area contributed by atoms with Gasteiger partial charge in [-0.2, -0.15) is 9.78 Å². The normalized spacial score (nSPS) is 10.7. The Morgan fingerprint density at radius 3 is 2.52 bits per heavy atom. The summed E-state index contributed by atoms with van der Waals surface area (Å²) in [5, 5.41) is 15.9. The molecule has 0 atom stereocenters. The van der Waals surface area contributed by atoms with Crippen LogP contribution in [0.25, 0.3) is 10.9 Å². The maximum atomic E-state index is 12.6. The highest BCUT2D eigenvalue weighted by molar-refractivity contribution is 6.02. The fraction of sp³-hybridized carbons (Fsp3) is 0.125. The molecule has 0 aliphatic rings. The Balaban J connectivity index is 2.12. The molecule has 0 saturated carbocycles. The van der Waals surface area contributed by atoms with E-state index >= 15 is 0 Å². The number of benzene rings is 2. The largest absolute Gasteiger partial charge is 0.497 e. The first-order chi connectivity index (χ1) is 11.0. The monoisotopic (exact) mass is 311 g/mol. The molecule has 7 nitrogen and oxygen atoms in total. The smallest absolute Gasteiger partial charge is 0.278 e. The highest BCUT2D eigenvalue weighted by Gasteiger charge is 2.18.